The second-order valence-corrected chi connectivity index (χ2v) is 6.12. The lowest BCUT2D eigenvalue weighted by atomic mass is 9.95. The van der Waals surface area contributed by atoms with E-state index in [-0.39, 0.29) is 11.3 Å². The van der Waals surface area contributed by atoms with E-state index in [9.17, 15) is 9.59 Å². The van der Waals surface area contributed by atoms with Crippen LogP contribution in [0.1, 0.15) is 30.1 Å². The highest BCUT2D eigenvalue weighted by molar-refractivity contribution is 9.10. The molecule has 2 rings (SSSR count). The summed E-state index contributed by atoms with van der Waals surface area (Å²) in [6, 6.07) is 4.27. The zero-order valence-electron chi connectivity index (χ0n) is 11.6. The second-order valence-electron chi connectivity index (χ2n) is 5.26. The van der Waals surface area contributed by atoms with Gasteiger partial charge in [-0.25, -0.2) is 9.59 Å². The van der Waals surface area contributed by atoms with E-state index in [0.29, 0.717) is 17.7 Å². The van der Waals surface area contributed by atoms with Crippen LogP contribution in [-0.2, 0) is 4.74 Å². The molecule has 1 saturated heterocycles. The Balaban J connectivity index is 2.11. The number of amides is 2. The summed E-state index contributed by atoms with van der Waals surface area (Å²) in [5.41, 5.74) is -0.167. The first kappa shape index (κ1) is 15.8. The zero-order valence-corrected chi connectivity index (χ0v) is 13.2. The molecule has 1 aromatic carbocycles. The number of carboxylic acids is 1. The number of nitrogens with one attached hydrogen (secondary N) is 2. The molecule has 0 aromatic heterocycles. The van der Waals surface area contributed by atoms with Crippen LogP contribution in [0.2, 0.25) is 0 Å². The van der Waals surface area contributed by atoms with Gasteiger partial charge in [0.25, 0.3) is 0 Å². The average Bonchev–Trinajstić information content (AvgIpc) is 2.41. The molecule has 21 heavy (non-hydrogen) atoms. The second kappa shape index (κ2) is 6.44. The number of urea groups is 1. The van der Waals surface area contributed by atoms with Crippen molar-refractivity contribution in [3.8, 4) is 0 Å². The van der Waals surface area contributed by atoms with E-state index in [0.717, 1.165) is 12.8 Å². The summed E-state index contributed by atoms with van der Waals surface area (Å²) >= 11 is 3.25. The van der Waals surface area contributed by atoms with Gasteiger partial charge < -0.3 is 20.5 Å². The Bertz CT molecular complexity index is 556. The summed E-state index contributed by atoms with van der Waals surface area (Å²) in [6.45, 7) is 3.05. The highest BCUT2D eigenvalue weighted by atomic mass is 79.9. The molecular formula is C14H17BrN2O4. The number of benzene rings is 1. The van der Waals surface area contributed by atoms with Crippen molar-refractivity contribution in [1.82, 2.24) is 5.32 Å². The molecule has 1 unspecified atom stereocenters. The maximum absolute atomic E-state index is 12.1. The monoisotopic (exact) mass is 356 g/mol. The topological polar surface area (TPSA) is 87.7 Å². The van der Waals surface area contributed by atoms with Gasteiger partial charge in [-0.15, -0.1) is 0 Å². The Morgan fingerprint density at radius 1 is 1.43 bits per heavy atom. The van der Waals surface area contributed by atoms with Crippen LogP contribution in [0.5, 0.6) is 0 Å². The van der Waals surface area contributed by atoms with Gasteiger partial charge >= 0.3 is 12.0 Å². The van der Waals surface area contributed by atoms with Crippen molar-refractivity contribution < 1.29 is 19.4 Å². The molecule has 2 amide bonds. The van der Waals surface area contributed by atoms with E-state index in [1.807, 2.05) is 6.92 Å². The normalized spacial score (nSPS) is 21.6. The molecule has 1 atom stereocenters. The van der Waals surface area contributed by atoms with Crippen LogP contribution in [0, 0.1) is 0 Å². The van der Waals surface area contributed by atoms with Gasteiger partial charge in [0.2, 0.25) is 0 Å². The third-order valence-electron chi connectivity index (χ3n) is 3.34. The van der Waals surface area contributed by atoms with Crippen LogP contribution in [0.4, 0.5) is 10.5 Å². The highest BCUT2D eigenvalue weighted by Crippen LogP contribution is 2.27. The third kappa shape index (κ3) is 3.95. The van der Waals surface area contributed by atoms with Crippen LogP contribution in [0.3, 0.4) is 0 Å². The molecule has 1 aliphatic heterocycles. The number of hydrogen-bond donors (Lipinski definition) is 3. The summed E-state index contributed by atoms with van der Waals surface area (Å²) in [7, 11) is 0. The minimum atomic E-state index is -1.10. The predicted octanol–water partition coefficient (Wildman–Crippen LogP) is 2.84. The van der Waals surface area contributed by atoms with Crippen LogP contribution in [-0.4, -0.2) is 35.9 Å². The molecule has 3 N–H and O–H groups in total. The number of carbonyl (C=O) groups excluding carboxylic acids is 1. The number of ether oxygens (including phenoxy) is 1. The molecule has 0 aliphatic carbocycles. The molecule has 0 saturated carbocycles. The lowest BCUT2D eigenvalue weighted by Gasteiger charge is -2.34. The van der Waals surface area contributed by atoms with Crippen molar-refractivity contribution in [2.24, 2.45) is 0 Å². The van der Waals surface area contributed by atoms with Crippen molar-refractivity contribution >= 4 is 33.6 Å². The number of carboxylic acid groups (broad SMARTS) is 1. The standard InChI is InChI=1S/C14H17BrN2O4/c1-14(6-3-7-21-8-14)17-13(20)16-11-9(12(18)19)4-2-5-10(11)15/h2,4-5H,3,6-8H2,1H3,(H,18,19)(H2,16,17,20). The molecule has 0 bridgehead atoms. The number of para-hydroxylation sites is 1. The lowest BCUT2D eigenvalue weighted by Crippen LogP contribution is -2.53. The van der Waals surface area contributed by atoms with Gasteiger partial charge in [0.1, 0.15) is 0 Å². The van der Waals surface area contributed by atoms with E-state index in [1.54, 1.807) is 12.1 Å². The van der Waals surface area contributed by atoms with E-state index >= 15 is 0 Å². The van der Waals surface area contributed by atoms with Gasteiger partial charge in [0.15, 0.2) is 0 Å². The number of carbonyl (C=O) groups is 2. The minimum absolute atomic E-state index is 0.0320. The Morgan fingerprint density at radius 3 is 2.81 bits per heavy atom. The Labute approximate surface area is 131 Å². The van der Waals surface area contributed by atoms with Gasteiger partial charge in [-0.3, -0.25) is 0 Å². The quantitative estimate of drug-likeness (QED) is 0.776. The largest absolute Gasteiger partial charge is 0.478 e. The first-order valence-electron chi connectivity index (χ1n) is 6.60. The third-order valence-corrected chi connectivity index (χ3v) is 4.00. The molecule has 0 radical (unpaired) electrons. The summed E-state index contributed by atoms with van der Waals surface area (Å²) in [4.78, 5) is 23.3. The molecule has 7 heteroatoms. The predicted molar refractivity (Wildman–Crippen MR) is 81.7 cm³/mol. The zero-order chi connectivity index (χ0) is 15.5. The molecule has 1 aliphatic rings. The molecule has 114 valence electrons. The summed E-state index contributed by atoms with van der Waals surface area (Å²) in [5, 5.41) is 14.6. The fourth-order valence-corrected chi connectivity index (χ4v) is 2.75. The Hall–Kier alpha value is -1.60. The summed E-state index contributed by atoms with van der Waals surface area (Å²) in [5.74, 6) is -1.10. The molecular weight excluding hydrogens is 340 g/mol. The van der Waals surface area contributed by atoms with Crippen molar-refractivity contribution in [3.63, 3.8) is 0 Å². The average molecular weight is 357 g/mol. The number of halogens is 1. The Kier molecular flexibility index (Phi) is 4.84. The molecule has 1 aromatic rings. The van der Waals surface area contributed by atoms with E-state index in [1.165, 1.54) is 6.07 Å². The number of aromatic carboxylic acids is 1. The maximum atomic E-state index is 12.1. The van der Waals surface area contributed by atoms with Gasteiger partial charge in [-0.2, -0.15) is 0 Å². The smallest absolute Gasteiger partial charge is 0.337 e. The number of hydrogen-bond acceptors (Lipinski definition) is 3. The van der Waals surface area contributed by atoms with Crippen molar-refractivity contribution in [3.05, 3.63) is 28.2 Å². The molecule has 6 nitrogen and oxygen atoms in total. The summed E-state index contributed by atoms with van der Waals surface area (Å²) in [6.07, 6.45) is 1.70. The SMILES string of the molecule is CC1(NC(=O)Nc2c(Br)cccc2C(=O)O)CCCOC1. The lowest BCUT2D eigenvalue weighted by molar-refractivity contribution is 0.0342. The number of anilines is 1. The van der Waals surface area contributed by atoms with Gasteiger partial charge in [-0.1, -0.05) is 6.07 Å². The van der Waals surface area contributed by atoms with E-state index < -0.39 is 17.5 Å². The minimum Gasteiger partial charge on any atom is -0.478 e. The van der Waals surface area contributed by atoms with E-state index in [4.69, 9.17) is 9.84 Å². The molecule has 1 fully saturated rings. The fourth-order valence-electron chi connectivity index (χ4n) is 2.28. The van der Waals surface area contributed by atoms with Gasteiger partial charge in [0.05, 0.1) is 23.4 Å². The molecule has 0 spiro atoms. The van der Waals surface area contributed by atoms with Crippen molar-refractivity contribution in [2.45, 2.75) is 25.3 Å². The van der Waals surface area contributed by atoms with Crippen molar-refractivity contribution in [1.29, 1.82) is 0 Å². The summed E-state index contributed by atoms with van der Waals surface area (Å²) < 4.78 is 5.89. The van der Waals surface area contributed by atoms with Crippen LogP contribution in [0.25, 0.3) is 0 Å². The van der Waals surface area contributed by atoms with Crippen LogP contribution >= 0.6 is 15.9 Å². The molecule has 1 heterocycles. The maximum Gasteiger partial charge on any atom is 0.337 e. The Morgan fingerprint density at radius 2 is 2.19 bits per heavy atom. The first-order chi connectivity index (χ1) is 9.91. The first-order valence-corrected chi connectivity index (χ1v) is 7.39. The van der Waals surface area contributed by atoms with Gasteiger partial charge in [-0.05, 0) is 47.8 Å². The van der Waals surface area contributed by atoms with E-state index in [2.05, 4.69) is 26.6 Å². The van der Waals surface area contributed by atoms with Gasteiger partial charge in [0, 0.05) is 11.1 Å². The van der Waals surface area contributed by atoms with Crippen molar-refractivity contribution in [2.75, 3.05) is 18.5 Å². The van der Waals surface area contributed by atoms with Crippen LogP contribution in [0.15, 0.2) is 22.7 Å². The fraction of sp³-hybridized carbons (Fsp3) is 0.429. The van der Waals surface area contributed by atoms with Crippen LogP contribution < -0.4 is 10.6 Å². The number of rotatable bonds is 3. The highest BCUT2D eigenvalue weighted by Gasteiger charge is 2.29.